The molecule has 0 atom stereocenters. The second-order valence-corrected chi connectivity index (χ2v) is 4.70. The fourth-order valence-electron chi connectivity index (χ4n) is 1.63. The Kier molecular flexibility index (Phi) is 3.38. The highest BCUT2D eigenvalue weighted by molar-refractivity contribution is 5.73. The van der Waals surface area contributed by atoms with Gasteiger partial charge in [0.05, 0.1) is 17.7 Å². The zero-order valence-corrected chi connectivity index (χ0v) is 10.2. The van der Waals surface area contributed by atoms with Crippen LogP contribution in [0.15, 0.2) is 0 Å². The van der Waals surface area contributed by atoms with Crippen LogP contribution >= 0.6 is 0 Å². The standard InChI is InChI=1S/C11H19N3O2/c1-7-9(5-12)8(2)14(13-7)6-11(3,4)10(15)16/h5-6,12H2,1-4H3,(H,15,16). The minimum absolute atomic E-state index is 0.356. The average molecular weight is 225 g/mol. The van der Waals surface area contributed by atoms with E-state index in [4.69, 9.17) is 10.8 Å². The van der Waals surface area contributed by atoms with Crippen LogP contribution in [-0.4, -0.2) is 20.9 Å². The van der Waals surface area contributed by atoms with Crippen molar-refractivity contribution in [1.82, 2.24) is 9.78 Å². The molecule has 0 fully saturated rings. The van der Waals surface area contributed by atoms with Crippen LogP contribution in [0, 0.1) is 19.3 Å². The van der Waals surface area contributed by atoms with Crippen molar-refractivity contribution in [3.05, 3.63) is 17.0 Å². The molecule has 16 heavy (non-hydrogen) atoms. The number of aliphatic carboxylic acids is 1. The maximum absolute atomic E-state index is 11.0. The van der Waals surface area contributed by atoms with Crippen LogP contribution in [0.2, 0.25) is 0 Å². The van der Waals surface area contributed by atoms with Gasteiger partial charge in [0.2, 0.25) is 0 Å². The van der Waals surface area contributed by atoms with E-state index in [0.717, 1.165) is 17.0 Å². The van der Waals surface area contributed by atoms with Crippen LogP contribution in [0.25, 0.3) is 0 Å². The lowest BCUT2D eigenvalue weighted by Gasteiger charge is -2.19. The van der Waals surface area contributed by atoms with Crippen LogP contribution in [-0.2, 0) is 17.9 Å². The minimum Gasteiger partial charge on any atom is -0.481 e. The molecule has 0 aliphatic heterocycles. The second-order valence-electron chi connectivity index (χ2n) is 4.70. The highest BCUT2D eigenvalue weighted by Gasteiger charge is 2.29. The van der Waals surface area contributed by atoms with Crippen LogP contribution < -0.4 is 5.73 Å². The molecule has 1 aromatic rings. The predicted molar refractivity (Wildman–Crippen MR) is 61.0 cm³/mol. The summed E-state index contributed by atoms with van der Waals surface area (Å²) in [7, 11) is 0. The molecule has 0 spiro atoms. The third-order valence-electron chi connectivity index (χ3n) is 2.86. The molecule has 0 unspecified atom stereocenters. The van der Waals surface area contributed by atoms with Gasteiger partial charge in [-0.3, -0.25) is 9.48 Å². The third-order valence-corrected chi connectivity index (χ3v) is 2.86. The fourth-order valence-corrected chi connectivity index (χ4v) is 1.63. The van der Waals surface area contributed by atoms with Gasteiger partial charge in [0.1, 0.15) is 0 Å². The van der Waals surface area contributed by atoms with Crippen molar-refractivity contribution >= 4 is 5.97 Å². The summed E-state index contributed by atoms with van der Waals surface area (Å²) in [5.41, 5.74) is 7.62. The lowest BCUT2D eigenvalue weighted by atomic mass is 9.94. The number of carboxylic acids is 1. The van der Waals surface area contributed by atoms with Crippen molar-refractivity contribution in [1.29, 1.82) is 0 Å². The molecule has 0 bridgehead atoms. The van der Waals surface area contributed by atoms with Gasteiger partial charge in [0.15, 0.2) is 0 Å². The Morgan fingerprint density at radius 3 is 2.44 bits per heavy atom. The summed E-state index contributed by atoms with van der Waals surface area (Å²) >= 11 is 0. The van der Waals surface area contributed by atoms with E-state index in [1.807, 2.05) is 13.8 Å². The minimum atomic E-state index is -0.825. The molecule has 0 aliphatic carbocycles. The van der Waals surface area contributed by atoms with Gasteiger partial charge in [-0.05, 0) is 27.7 Å². The number of aryl methyl sites for hydroxylation is 1. The van der Waals surface area contributed by atoms with Crippen molar-refractivity contribution in [3.63, 3.8) is 0 Å². The summed E-state index contributed by atoms with van der Waals surface area (Å²) in [6, 6.07) is 0. The molecular formula is C11H19N3O2. The normalized spacial score (nSPS) is 11.8. The third kappa shape index (κ3) is 2.24. The monoisotopic (exact) mass is 225 g/mol. The number of carboxylic acid groups (broad SMARTS) is 1. The first-order chi connectivity index (χ1) is 7.29. The van der Waals surface area contributed by atoms with E-state index in [2.05, 4.69) is 5.10 Å². The van der Waals surface area contributed by atoms with E-state index >= 15 is 0 Å². The lowest BCUT2D eigenvalue weighted by molar-refractivity contribution is -0.147. The van der Waals surface area contributed by atoms with Gasteiger partial charge >= 0.3 is 5.97 Å². The SMILES string of the molecule is Cc1nn(CC(C)(C)C(=O)O)c(C)c1CN. The molecule has 90 valence electrons. The molecular weight excluding hydrogens is 206 g/mol. The molecule has 5 nitrogen and oxygen atoms in total. The topological polar surface area (TPSA) is 81.1 Å². The first-order valence-electron chi connectivity index (χ1n) is 5.26. The predicted octanol–water partition coefficient (Wildman–Crippen LogP) is 1.07. The molecule has 0 amide bonds. The Bertz CT molecular complexity index is 408. The van der Waals surface area contributed by atoms with Crippen LogP contribution in [0.5, 0.6) is 0 Å². The Balaban J connectivity index is 3.03. The maximum atomic E-state index is 11.0. The van der Waals surface area contributed by atoms with Crippen molar-refractivity contribution in [2.75, 3.05) is 0 Å². The molecule has 1 heterocycles. The van der Waals surface area contributed by atoms with Gasteiger partial charge in [-0.2, -0.15) is 5.10 Å². The molecule has 0 aliphatic rings. The smallest absolute Gasteiger partial charge is 0.310 e. The number of aromatic nitrogens is 2. The Morgan fingerprint density at radius 2 is 2.06 bits per heavy atom. The molecule has 0 radical (unpaired) electrons. The molecule has 1 aromatic heterocycles. The van der Waals surface area contributed by atoms with Gasteiger partial charge in [-0.1, -0.05) is 0 Å². The fraction of sp³-hybridized carbons (Fsp3) is 0.636. The highest BCUT2D eigenvalue weighted by Crippen LogP contribution is 2.21. The molecule has 0 saturated heterocycles. The summed E-state index contributed by atoms with van der Waals surface area (Å²) in [6.07, 6.45) is 0. The van der Waals surface area contributed by atoms with Crippen LogP contribution in [0.3, 0.4) is 0 Å². The largest absolute Gasteiger partial charge is 0.481 e. The van der Waals surface area contributed by atoms with Crippen molar-refractivity contribution in [3.8, 4) is 0 Å². The van der Waals surface area contributed by atoms with E-state index in [1.54, 1.807) is 18.5 Å². The van der Waals surface area contributed by atoms with Gasteiger partial charge in [0, 0.05) is 17.8 Å². The lowest BCUT2D eigenvalue weighted by Crippen LogP contribution is -2.30. The quantitative estimate of drug-likeness (QED) is 0.803. The van der Waals surface area contributed by atoms with Gasteiger partial charge in [0.25, 0.3) is 0 Å². The number of nitrogens with zero attached hydrogens (tertiary/aromatic N) is 2. The zero-order valence-electron chi connectivity index (χ0n) is 10.2. The van der Waals surface area contributed by atoms with Gasteiger partial charge < -0.3 is 10.8 Å². The summed E-state index contributed by atoms with van der Waals surface area (Å²) in [5.74, 6) is -0.825. The molecule has 1 rings (SSSR count). The van der Waals surface area contributed by atoms with E-state index < -0.39 is 11.4 Å². The van der Waals surface area contributed by atoms with Crippen LogP contribution in [0.1, 0.15) is 30.8 Å². The molecule has 3 N–H and O–H groups in total. The van der Waals surface area contributed by atoms with Gasteiger partial charge in [-0.25, -0.2) is 0 Å². The number of hydrogen-bond acceptors (Lipinski definition) is 3. The average Bonchev–Trinajstić information content (AvgIpc) is 2.41. The Morgan fingerprint density at radius 1 is 1.50 bits per heavy atom. The Labute approximate surface area is 95.3 Å². The van der Waals surface area contributed by atoms with E-state index in [0.29, 0.717) is 13.1 Å². The zero-order chi connectivity index (χ0) is 12.5. The number of nitrogens with two attached hydrogens (primary N) is 1. The van der Waals surface area contributed by atoms with E-state index in [9.17, 15) is 4.79 Å². The first-order valence-corrected chi connectivity index (χ1v) is 5.26. The second kappa shape index (κ2) is 4.25. The van der Waals surface area contributed by atoms with Crippen LogP contribution in [0.4, 0.5) is 0 Å². The molecule has 5 heteroatoms. The molecule has 0 saturated carbocycles. The summed E-state index contributed by atoms with van der Waals surface area (Å²) in [4.78, 5) is 11.0. The van der Waals surface area contributed by atoms with Crippen molar-refractivity contribution in [2.24, 2.45) is 11.1 Å². The van der Waals surface area contributed by atoms with E-state index in [1.165, 1.54) is 0 Å². The number of rotatable bonds is 4. The van der Waals surface area contributed by atoms with E-state index in [-0.39, 0.29) is 0 Å². The number of hydrogen-bond donors (Lipinski definition) is 2. The number of carbonyl (C=O) groups is 1. The van der Waals surface area contributed by atoms with Gasteiger partial charge in [-0.15, -0.1) is 0 Å². The van der Waals surface area contributed by atoms with Crippen molar-refractivity contribution in [2.45, 2.75) is 40.8 Å². The summed E-state index contributed by atoms with van der Waals surface area (Å²) < 4.78 is 1.73. The maximum Gasteiger partial charge on any atom is 0.310 e. The van der Waals surface area contributed by atoms with Crippen molar-refractivity contribution < 1.29 is 9.90 Å². The Hall–Kier alpha value is -1.36. The summed E-state index contributed by atoms with van der Waals surface area (Å²) in [5, 5.41) is 13.4. The highest BCUT2D eigenvalue weighted by atomic mass is 16.4. The summed E-state index contributed by atoms with van der Waals surface area (Å²) in [6.45, 7) is 7.97. The first kappa shape index (κ1) is 12.7. The molecule has 0 aromatic carbocycles.